The fourth-order valence-electron chi connectivity index (χ4n) is 3.55. The van der Waals surface area contributed by atoms with Crippen molar-refractivity contribution in [1.29, 1.82) is 0 Å². The number of carbonyl (C=O) groups excluding carboxylic acids is 1. The van der Waals surface area contributed by atoms with Gasteiger partial charge in [-0.15, -0.1) is 0 Å². The molecule has 0 N–H and O–H groups in total. The summed E-state index contributed by atoms with van der Waals surface area (Å²) < 4.78 is 57.2. The van der Waals surface area contributed by atoms with Crippen molar-refractivity contribution in [2.45, 2.75) is 19.6 Å². The minimum atomic E-state index is -4.49. The zero-order valence-electron chi connectivity index (χ0n) is 18.1. The Balaban J connectivity index is 1.63. The van der Waals surface area contributed by atoms with Crippen molar-refractivity contribution in [3.63, 3.8) is 0 Å². The lowest BCUT2D eigenvalue weighted by atomic mass is 10.1. The van der Waals surface area contributed by atoms with Gasteiger partial charge in [0.2, 0.25) is 0 Å². The van der Waals surface area contributed by atoms with Gasteiger partial charge >= 0.3 is 6.18 Å². The first-order chi connectivity index (χ1) is 15.8. The van der Waals surface area contributed by atoms with Crippen molar-refractivity contribution in [1.82, 2.24) is 14.7 Å². The van der Waals surface area contributed by atoms with E-state index in [0.29, 0.717) is 31.3 Å². The molecule has 4 rings (SSSR count). The summed E-state index contributed by atoms with van der Waals surface area (Å²) in [5.74, 6) is 0.949. The number of nitrogens with zero attached hydrogens (tertiary/aromatic N) is 3. The molecule has 2 aromatic carbocycles. The Kier molecular flexibility index (Phi) is 6.17. The number of amides is 1. The highest BCUT2D eigenvalue weighted by atomic mass is 19.4. The van der Waals surface area contributed by atoms with Crippen LogP contribution in [0.1, 0.15) is 28.5 Å². The van der Waals surface area contributed by atoms with Crippen LogP contribution < -0.4 is 14.2 Å². The van der Waals surface area contributed by atoms with Gasteiger partial charge in [0, 0.05) is 18.7 Å². The molecule has 33 heavy (non-hydrogen) atoms. The van der Waals surface area contributed by atoms with Gasteiger partial charge in [0.25, 0.3) is 5.91 Å². The third-order valence-corrected chi connectivity index (χ3v) is 5.22. The topological polar surface area (TPSA) is 65.8 Å². The lowest BCUT2D eigenvalue weighted by molar-refractivity contribution is -0.137. The summed E-state index contributed by atoms with van der Waals surface area (Å²) in [5.41, 5.74) is 0.124. The fourth-order valence-corrected chi connectivity index (χ4v) is 3.55. The van der Waals surface area contributed by atoms with Crippen molar-refractivity contribution in [3.8, 4) is 22.9 Å². The summed E-state index contributed by atoms with van der Waals surface area (Å²) >= 11 is 0. The summed E-state index contributed by atoms with van der Waals surface area (Å²) in [6, 6.07) is 10.2. The van der Waals surface area contributed by atoms with Crippen molar-refractivity contribution >= 4 is 5.91 Å². The van der Waals surface area contributed by atoms with E-state index in [9.17, 15) is 18.0 Å². The molecule has 1 amide bonds. The molecular weight excluding hydrogens is 439 g/mol. The number of methoxy groups -OCH3 is 1. The predicted molar refractivity (Wildman–Crippen MR) is 113 cm³/mol. The lowest BCUT2D eigenvalue weighted by Gasteiger charge is -2.25. The Bertz CT molecular complexity index is 1160. The van der Waals surface area contributed by atoms with Crippen LogP contribution in [0.4, 0.5) is 13.2 Å². The zero-order valence-corrected chi connectivity index (χ0v) is 18.1. The molecule has 0 saturated carbocycles. The second-order valence-electron chi connectivity index (χ2n) is 7.30. The second kappa shape index (κ2) is 9.05. The number of halogens is 3. The Morgan fingerprint density at radius 3 is 2.67 bits per heavy atom. The van der Waals surface area contributed by atoms with Gasteiger partial charge in [0.1, 0.15) is 13.2 Å². The quantitative estimate of drug-likeness (QED) is 0.547. The summed E-state index contributed by atoms with van der Waals surface area (Å²) in [5, 5.41) is 4.25. The average molecular weight is 461 g/mol. The van der Waals surface area contributed by atoms with Gasteiger partial charge in [0.15, 0.2) is 22.9 Å². The number of carbonyl (C=O) groups is 1. The molecule has 174 valence electrons. The zero-order chi connectivity index (χ0) is 23.6. The highest BCUT2D eigenvalue weighted by Gasteiger charge is 2.31. The van der Waals surface area contributed by atoms with Crippen molar-refractivity contribution in [2.75, 3.05) is 26.9 Å². The average Bonchev–Trinajstić information content (AvgIpc) is 3.26. The number of rotatable bonds is 6. The first-order valence-corrected chi connectivity index (χ1v) is 10.3. The number of benzene rings is 2. The van der Waals surface area contributed by atoms with E-state index in [2.05, 4.69) is 5.10 Å². The molecule has 0 unspecified atom stereocenters. The van der Waals surface area contributed by atoms with E-state index in [1.807, 2.05) is 19.1 Å². The van der Waals surface area contributed by atoms with Crippen LogP contribution in [0.3, 0.4) is 0 Å². The van der Waals surface area contributed by atoms with E-state index in [0.717, 1.165) is 17.7 Å². The highest BCUT2D eigenvalue weighted by Crippen LogP contribution is 2.35. The monoisotopic (exact) mass is 461 g/mol. The van der Waals surface area contributed by atoms with Gasteiger partial charge in [-0.05, 0) is 31.2 Å². The molecule has 10 heteroatoms. The van der Waals surface area contributed by atoms with Crippen LogP contribution in [-0.2, 0) is 12.7 Å². The predicted octanol–water partition coefficient (Wildman–Crippen LogP) is 4.33. The minimum absolute atomic E-state index is 0.00118. The Hall–Kier alpha value is -3.69. The van der Waals surface area contributed by atoms with Crippen LogP contribution in [0, 0.1) is 0 Å². The maximum Gasteiger partial charge on any atom is 0.416 e. The van der Waals surface area contributed by atoms with E-state index in [1.165, 1.54) is 30.1 Å². The molecule has 0 fully saturated rings. The molecule has 0 aliphatic carbocycles. The van der Waals surface area contributed by atoms with E-state index in [-0.39, 0.29) is 23.7 Å². The number of alkyl halides is 3. The van der Waals surface area contributed by atoms with Gasteiger partial charge in [-0.2, -0.15) is 18.3 Å². The van der Waals surface area contributed by atoms with Crippen LogP contribution in [0.15, 0.2) is 48.7 Å². The number of hydrogen-bond donors (Lipinski definition) is 0. The Morgan fingerprint density at radius 1 is 1.18 bits per heavy atom. The van der Waals surface area contributed by atoms with E-state index < -0.39 is 17.6 Å². The molecular formula is C23H22F3N3O4. The second-order valence-corrected chi connectivity index (χ2v) is 7.30. The van der Waals surface area contributed by atoms with Gasteiger partial charge in [0.05, 0.1) is 24.6 Å². The first-order valence-electron chi connectivity index (χ1n) is 10.3. The van der Waals surface area contributed by atoms with Crippen LogP contribution in [0.5, 0.6) is 17.2 Å². The molecule has 0 saturated heterocycles. The molecule has 2 heterocycles. The van der Waals surface area contributed by atoms with E-state index in [4.69, 9.17) is 14.2 Å². The van der Waals surface area contributed by atoms with Gasteiger partial charge in [-0.3, -0.25) is 4.79 Å². The van der Waals surface area contributed by atoms with Crippen LogP contribution >= 0.6 is 0 Å². The fraction of sp³-hybridized carbons (Fsp3) is 0.304. The smallest absolute Gasteiger partial charge is 0.416 e. The van der Waals surface area contributed by atoms with E-state index >= 15 is 0 Å². The molecule has 0 bridgehead atoms. The highest BCUT2D eigenvalue weighted by molar-refractivity contribution is 5.95. The normalized spacial score (nSPS) is 13.0. The molecule has 1 aromatic heterocycles. The van der Waals surface area contributed by atoms with Gasteiger partial charge < -0.3 is 19.1 Å². The van der Waals surface area contributed by atoms with Crippen molar-refractivity contribution < 1.29 is 32.2 Å². The van der Waals surface area contributed by atoms with Crippen LogP contribution in [0.2, 0.25) is 0 Å². The lowest BCUT2D eigenvalue weighted by Crippen LogP contribution is -2.31. The Labute approximate surface area is 188 Å². The molecule has 1 aliphatic heterocycles. The molecule has 7 nitrogen and oxygen atoms in total. The Morgan fingerprint density at radius 2 is 1.94 bits per heavy atom. The van der Waals surface area contributed by atoms with Crippen molar-refractivity contribution in [3.05, 3.63) is 65.5 Å². The standard InChI is InChI=1S/C23H22F3N3O4/c1-3-28(13-15-6-4-9-18-21(15)33-11-10-32-18)22(30)20-19(31-2)14-29(27-20)17-8-5-7-16(12-17)23(24,25)26/h4-9,12,14H,3,10-11,13H2,1-2H3. The minimum Gasteiger partial charge on any atom is -0.493 e. The SMILES string of the molecule is CCN(Cc1cccc2c1OCCO2)C(=O)c1nn(-c2cccc(C(F)(F)F)c2)cc1OC. The third kappa shape index (κ3) is 4.59. The maximum atomic E-state index is 13.3. The largest absolute Gasteiger partial charge is 0.493 e. The molecule has 1 aliphatic rings. The summed E-state index contributed by atoms with van der Waals surface area (Å²) in [4.78, 5) is 14.9. The molecule has 0 radical (unpaired) electrons. The summed E-state index contributed by atoms with van der Waals surface area (Å²) in [7, 11) is 1.37. The van der Waals surface area contributed by atoms with Gasteiger partial charge in [-0.25, -0.2) is 4.68 Å². The van der Waals surface area contributed by atoms with E-state index in [1.54, 1.807) is 11.0 Å². The number of aromatic nitrogens is 2. The van der Waals surface area contributed by atoms with Crippen molar-refractivity contribution in [2.24, 2.45) is 0 Å². The maximum absolute atomic E-state index is 13.3. The molecule has 0 atom stereocenters. The number of para-hydroxylation sites is 1. The van der Waals surface area contributed by atoms with Crippen LogP contribution in [0.25, 0.3) is 5.69 Å². The van der Waals surface area contributed by atoms with Crippen LogP contribution in [-0.4, -0.2) is 47.5 Å². The third-order valence-electron chi connectivity index (χ3n) is 5.22. The summed E-state index contributed by atoms with van der Waals surface area (Å²) in [6.07, 6.45) is -3.11. The number of fused-ring (bicyclic) bond motifs is 1. The van der Waals surface area contributed by atoms with Gasteiger partial charge in [-0.1, -0.05) is 18.2 Å². The molecule has 0 spiro atoms. The first kappa shape index (κ1) is 22.5. The summed E-state index contributed by atoms with van der Waals surface area (Å²) in [6.45, 7) is 3.29. The molecule has 3 aromatic rings. The number of hydrogen-bond acceptors (Lipinski definition) is 5. The number of ether oxygens (including phenoxy) is 3.